The van der Waals surface area contributed by atoms with Crippen LogP contribution in [0.2, 0.25) is 0 Å². The fraction of sp³-hybridized carbons (Fsp3) is 0.750. The number of amides is 1. The lowest BCUT2D eigenvalue weighted by Gasteiger charge is -2.00. The van der Waals surface area contributed by atoms with E-state index >= 15 is 0 Å². The quantitative estimate of drug-likeness (QED) is 0.488. The Hall–Kier alpha value is 0.160. The van der Waals surface area contributed by atoms with Gasteiger partial charge in [-0.25, -0.2) is 0 Å². The molecular formula is C4H6INO2. The molecular weight excluding hydrogens is 221 g/mol. The largest absolute Gasteiger partial charge is 0.380 e. The minimum atomic E-state index is -0.999. The summed E-state index contributed by atoms with van der Waals surface area (Å²) in [6.07, 6.45) is 1.23. The van der Waals surface area contributed by atoms with Crippen LogP contribution in [0.15, 0.2) is 0 Å². The third-order valence-electron chi connectivity index (χ3n) is 1.23. The molecule has 1 aliphatic carbocycles. The van der Waals surface area contributed by atoms with E-state index in [1.54, 1.807) is 22.9 Å². The number of carbonyl (C=O) groups excluding carboxylic acids is 1. The number of nitrogens with one attached hydrogen (secondary N) is 1. The summed E-state index contributed by atoms with van der Waals surface area (Å²) >= 11 is 1.72. The third kappa shape index (κ3) is 0.947. The molecule has 1 fully saturated rings. The van der Waals surface area contributed by atoms with Gasteiger partial charge in [0.05, 0.1) is 22.9 Å². The zero-order valence-corrected chi connectivity index (χ0v) is 6.31. The second kappa shape index (κ2) is 1.84. The Morgan fingerprint density at radius 3 is 2.38 bits per heavy atom. The zero-order valence-electron chi connectivity index (χ0n) is 4.15. The summed E-state index contributed by atoms with van der Waals surface area (Å²) in [5, 5.41) is 8.98. The van der Waals surface area contributed by atoms with Crippen LogP contribution in [-0.2, 0) is 4.79 Å². The van der Waals surface area contributed by atoms with Crippen LogP contribution in [-0.4, -0.2) is 16.6 Å². The molecule has 0 aliphatic heterocycles. The molecule has 0 saturated heterocycles. The predicted octanol–water partition coefficient (Wildman–Crippen LogP) is -0.0225. The van der Waals surface area contributed by atoms with Gasteiger partial charge in [-0.1, -0.05) is 0 Å². The summed E-state index contributed by atoms with van der Waals surface area (Å²) in [5.74, 6) is -0.266. The molecule has 0 spiro atoms. The zero-order chi connectivity index (χ0) is 6.20. The molecule has 2 N–H and O–H groups in total. The number of halogens is 1. The monoisotopic (exact) mass is 227 g/mol. The van der Waals surface area contributed by atoms with Crippen LogP contribution in [0.3, 0.4) is 0 Å². The first-order chi connectivity index (χ1) is 3.69. The highest BCUT2D eigenvalue weighted by Gasteiger charge is 2.47. The molecule has 46 valence electrons. The summed E-state index contributed by atoms with van der Waals surface area (Å²) in [6, 6.07) is 0. The van der Waals surface area contributed by atoms with Crippen molar-refractivity contribution in [2.24, 2.45) is 0 Å². The second-order valence-corrected chi connectivity index (χ2v) is 2.49. The van der Waals surface area contributed by atoms with Gasteiger partial charge in [-0.3, -0.25) is 8.32 Å². The summed E-state index contributed by atoms with van der Waals surface area (Å²) in [4.78, 5) is 10.5. The van der Waals surface area contributed by atoms with Crippen LogP contribution in [0.4, 0.5) is 0 Å². The van der Waals surface area contributed by atoms with Crippen LogP contribution in [0.1, 0.15) is 12.8 Å². The van der Waals surface area contributed by atoms with Crippen LogP contribution in [0, 0.1) is 0 Å². The molecule has 1 aliphatic rings. The number of hydrogen-bond acceptors (Lipinski definition) is 2. The first kappa shape index (κ1) is 6.28. The van der Waals surface area contributed by atoms with Gasteiger partial charge in [0, 0.05) is 0 Å². The Labute approximate surface area is 61.0 Å². The van der Waals surface area contributed by atoms with Gasteiger partial charge in [-0.15, -0.1) is 0 Å². The maximum Gasteiger partial charge on any atom is 0.260 e. The molecule has 1 amide bonds. The SMILES string of the molecule is O=C(NI)C1(O)CC1. The molecule has 0 aromatic rings. The van der Waals surface area contributed by atoms with Crippen molar-refractivity contribution in [3.05, 3.63) is 0 Å². The van der Waals surface area contributed by atoms with E-state index in [1.807, 2.05) is 0 Å². The van der Waals surface area contributed by atoms with Gasteiger partial charge in [0.1, 0.15) is 5.60 Å². The Balaban J connectivity index is 2.46. The van der Waals surface area contributed by atoms with Gasteiger partial charge in [0.15, 0.2) is 0 Å². The van der Waals surface area contributed by atoms with Gasteiger partial charge in [-0.05, 0) is 12.8 Å². The molecule has 8 heavy (non-hydrogen) atoms. The highest BCUT2D eigenvalue weighted by Crippen LogP contribution is 2.35. The summed E-state index contributed by atoms with van der Waals surface area (Å²) in [5.41, 5.74) is -0.999. The first-order valence-corrected chi connectivity index (χ1v) is 3.40. The van der Waals surface area contributed by atoms with Crippen molar-refractivity contribution in [1.82, 2.24) is 3.53 Å². The van der Waals surface area contributed by atoms with E-state index in [0.29, 0.717) is 12.8 Å². The van der Waals surface area contributed by atoms with Gasteiger partial charge in [0.2, 0.25) is 0 Å². The number of rotatable bonds is 1. The molecule has 0 bridgehead atoms. The molecule has 3 nitrogen and oxygen atoms in total. The summed E-state index contributed by atoms with van der Waals surface area (Å²) in [7, 11) is 0. The molecule has 0 aromatic heterocycles. The van der Waals surface area contributed by atoms with Crippen molar-refractivity contribution >= 4 is 28.8 Å². The number of aliphatic hydroxyl groups is 1. The molecule has 1 saturated carbocycles. The van der Waals surface area contributed by atoms with E-state index in [4.69, 9.17) is 5.11 Å². The fourth-order valence-electron chi connectivity index (χ4n) is 0.433. The van der Waals surface area contributed by atoms with Crippen molar-refractivity contribution in [3.8, 4) is 0 Å². The van der Waals surface area contributed by atoms with Crippen molar-refractivity contribution in [3.63, 3.8) is 0 Å². The van der Waals surface area contributed by atoms with Crippen molar-refractivity contribution < 1.29 is 9.90 Å². The fourth-order valence-corrected chi connectivity index (χ4v) is 0.935. The lowest BCUT2D eigenvalue weighted by molar-refractivity contribution is -0.128. The van der Waals surface area contributed by atoms with Gasteiger partial charge < -0.3 is 5.11 Å². The Morgan fingerprint density at radius 1 is 1.75 bits per heavy atom. The summed E-state index contributed by atoms with van der Waals surface area (Å²) in [6.45, 7) is 0. The summed E-state index contributed by atoms with van der Waals surface area (Å²) < 4.78 is 2.35. The van der Waals surface area contributed by atoms with Gasteiger partial charge in [-0.2, -0.15) is 0 Å². The van der Waals surface area contributed by atoms with Crippen LogP contribution in [0.25, 0.3) is 0 Å². The Kier molecular flexibility index (Phi) is 1.44. The highest BCUT2D eigenvalue weighted by atomic mass is 127. The first-order valence-electron chi connectivity index (χ1n) is 2.32. The minimum Gasteiger partial charge on any atom is -0.380 e. The average Bonchev–Trinajstić information content (AvgIpc) is 2.47. The smallest absolute Gasteiger partial charge is 0.260 e. The topological polar surface area (TPSA) is 49.3 Å². The maximum atomic E-state index is 10.5. The second-order valence-electron chi connectivity index (χ2n) is 1.96. The molecule has 0 aromatic carbocycles. The van der Waals surface area contributed by atoms with E-state index < -0.39 is 5.60 Å². The lowest BCUT2D eigenvalue weighted by Crippen LogP contribution is -2.29. The van der Waals surface area contributed by atoms with Gasteiger partial charge >= 0.3 is 0 Å². The van der Waals surface area contributed by atoms with Crippen molar-refractivity contribution in [2.75, 3.05) is 0 Å². The Bertz CT molecular complexity index is 121. The van der Waals surface area contributed by atoms with E-state index in [9.17, 15) is 4.79 Å². The average molecular weight is 227 g/mol. The normalized spacial score (nSPS) is 22.2. The number of hydrogen-bond donors (Lipinski definition) is 2. The molecule has 0 radical (unpaired) electrons. The van der Waals surface area contributed by atoms with Crippen LogP contribution in [0.5, 0.6) is 0 Å². The highest BCUT2D eigenvalue weighted by molar-refractivity contribution is 14.1. The van der Waals surface area contributed by atoms with E-state index in [2.05, 4.69) is 3.53 Å². The molecule has 4 heteroatoms. The molecule has 0 atom stereocenters. The molecule has 0 heterocycles. The standard InChI is InChI=1S/C4H6INO2/c5-6-3(7)4(8)1-2-4/h8H,1-2H2,(H,6,7). The van der Waals surface area contributed by atoms with Crippen LogP contribution >= 0.6 is 22.9 Å². The van der Waals surface area contributed by atoms with E-state index in [0.717, 1.165) is 0 Å². The lowest BCUT2D eigenvalue weighted by atomic mass is 10.3. The van der Waals surface area contributed by atoms with Crippen molar-refractivity contribution in [1.29, 1.82) is 0 Å². The molecule has 0 unspecified atom stereocenters. The number of carbonyl (C=O) groups is 1. The third-order valence-corrected chi connectivity index (χ3v) is 1.72. The van der Waals surface area contributed by atoms with E-state index in [1.165, 1.54) is 0 Å². The van der Waals surface area contributed by atoms with Crippen LogP contribution < -0.4 is 3.53 Å². The molecule has 1 rings (SSSR count). The minimum absolute atomic E-state index is 0.266. The Morgan fingerprint density at radius 2 is 2.25 bits per heavy atom. The van der Waals surface area contributed by atoms with E-state index in [-0.39, 0.29) is 5.91 Å². The van der Waals surface area contributed by atoms with Crippen molar-refractivity contribution in [2.45, 2.75) is 18.4 Å². The predicted molar refractivity (Wildman–Crippen MR) is 36.3 cm³/mol. The maximum absolute atomic E-state index is 10.5. The van der Waals surface area contributed by atoms with Gasteiger partial charge in [0.25, 0.3) is 5.91 Å².